The van der Waals surface area contributed by atoms with Gasteiger partial charge in [-0.1, -0.05) is 27.7 Å². The van der Waals surface area contributed by atoms with Gasteiger partial charge in [0.1, 0.15) is 11.8 Å². The standard InChI is InChI=1S/C13H16F2N2/c1-7(2)9-5-11(8(3)4)17-12(13(14)15)10(9)6-16/h5,7-8,13H,1-4H3. The van der Waals surface area contributed by atoms with Crippen molar-refractivity contribution in [2.24, 2.45) is 0 Å². The van der Waals surface area contributed by atoms with Gasteiger partial charge in [0, 0.05) is 5.69 Å². The van der Waals surface area contributed by atoms with Crippen LogP contribution in [-0.2, 0) is 0 Å². The van der Waals surface area contributed by atoms with Gasteiger partial charge in [-0.2, -0.15) is 5.26 Å². The second kappa shape index (κ2) is 5.22. The summed E-state index contributed by atoms with van der Waals surface area (Å²) >= 11 is 0. The molecule has 0 unspecified atom stereocenters. The molecule has 0 bridgehead atoms. The predicted molar refractivity (Wildman–Crippen MR) is 62.1 cm³/mol. The van der Waals surface area contributed by atoms with Gasteiger partial charge in [0.15, 0.2) is 0 Å². The molecule has 0 radical (unpaired) electrons. The van der Waals surface area contributed by atoms with Gasteiger partial charge in [-0.3, -0.25) is 4.98 Å². The summed E-state index contributed by atoms with van der Waals surface area (Å²) in [6.07, 6.45) is -2.71. The summed E-state index contributed by atoms with van der Waals surface area (Å²) in [6.45, 7) is 7.56. The van der Waals surface area contributed by atoms with Gasteiger partial charge < -0.3 is 0 Å². The largest absolute Gasteiger partial charge is 0.281 e. The van der Waals surface area contributed by atoms with Crippen molar-refractivity contribution in [3.8, 4) is 6.07 Å². The lowest BCUT2D eigenvalue weighted by atomic mass is 9.94. The molecule has 0 fully saturated rings. The quantitative estimate of drug-likeness (QED) is 0.793. The molecule has 0 aliphatic rings. The van der Waals surface area contributed by atoms with Gasteiger partial charge >= 0.3 is 0 Å². The van der Waals surface area contributed by atoms with Crippen molar-refractivity contribution in [3.05, 3.63) is 28.6 Å². The molecule has 0 aliphatic heterocycles. The lowest BCUT2D eigenvalue weighted by Crippen LogP contribution is -2.07. The summed E-state index contributed by atoms with van der Waals surface area (Å²) in [5, 5.41) is 9.00. The van der Waals surface area contributed by atoms with Crippen LogP contribution in [0.15, 0.2) is 6.07 Å². The highest BCUT2D eigenvalue weighted by Gasteiger charge is 2.21. The van der Waals surface area contributed by atoms with Crippen molar-refractivity contribution in [1.82, 2.24) is 4.98 Å². The second-order valence-electron chi connectivity index (χ2n) is 4.62. The maximum Gasteiger partial charge on any atom is 0.281 e. The summed E-state index contributed by atoms with van der Waals surface area (Å²) in [5.74, 6) is 0.0976. The highest BCUT2D eigenvalue weighted by atomic mass is 19.3. The lowest BCUT2D eigenvalue weighted by Gasteiger charge is -2.15. The van der Waals surface area contributed by atoms with E-state index in [4.69, 9.17) is 5.26 Å². The zero-order chi connectivity index (χ0) is 13.2. The average molecular weight is 238 g/mol. The van der Waals surface area contributed by atoms with Crippen LogP contribution in [0.5, 0.6) is 0 Å². The van der Waals surface area contributed by atoms with Crippen molar-refractivity contribution < 1.29 is 8.78 Å². The number of nitrogens with zero attached hydrogens (tertiary/aromatic N) is 2. The number of alkyl halides is 2. The number of nitriles is 1. The number of pyridine rings is 1. The third-order valence-corrected chi connectivity index (χ3v) is 2.63. The Morgan fingerprint density at radius 2 is 1.76 bits per heavy atom. The van der Waals surface area contributed by atoms with Crippen LogP contribution in [0.1, 0.15) is 68.5 Å². The summed E-state index contributed by atoms with van der Waals surface area (Å²) in [5.41, 5.74) is 0.909. The van der Waals surface area contributed by atoms with Gasteiger partial charge in [-0.15, -0.1) is 0 Å². The SMILES string of the molecule is CC(C)c1cc(C(C)C)c(C#N)c(C(F)F)n1. The van der Waals surface area contributed by atoms with Crippen LogP contribution < -0.4 is 0 Å². The van der Waals surface area contributed by atoms with E-state index in [-0.39, 0.29) is 23.1 Å². The molecule has 1 heterocycles. The van der Waals surface area contributed by atoms with E-state index in [1.54, 1.807) is 6.07 Å². The first-order chi connectivity index (χ1) is 7.88. The highest BCUT2D eigenvalue weighted by Crippen LogP contribution is 2.30. The van der Waals surface area contributed by atoms with E-state index in [9.17, 15) is 8.78 Å². The maximum absolute atomic E-state index is 12.9. The summed E-state index contributed by atoms with van der Waals surface area (Å²) in [7, 11) is 0. The Morgan fingerprint density at radius 1 is 1.18 bits per heavy atom. The number of hydrogen-bond donors (Lipinski definition) is 0. The molecule has 0 aromatic carbocycles. The van der Waals surface area contributed by atoms with E-state index in [1.165, 1.54) is 0 Å². The van der Waals surface area contributed by atoms with Crippen molar-refractivity contribution in [2.75, 3.05) is 0 Å². The van der Waals surface area contributed by atoms with Crippen LogP contribution in [0.2, 0.25) is 0 Å². The van der Waals surface area contributed by atoms with Crippen LogP contribution in [-0.4, -0.2) is 4.98 Å². The van der Waals surface area contributed by atoms with E-state index < -0.39 is 6.43 Å². The molecule has 0 spiro atoms. The predicted octanol–water partition coefficient (Wildman–Crippen LogP) is 4.14. The maximum atomic E-state index is 12.9. The topological polar surface area (TPSA) is 36.7 Å². The molecule has 4 heteroatoms. The highest BCUT2D eigenvalue weighted by molar-refractivity contribution is 5.44. The first-order valence-corrected chi connectivity index (χ1v) is 5.61. The fourth-order valence-electron chi connectivity index (χ4n) is 1.64. The number of hydrogen-bond acceptors (Lipinski definition) is 2. The fraction of sp³-hybridized carbons (Fsp3) is 0.538. The molecule has 2 nitrogen and oxygen atoms in total. The van der Waals surface area contributed by atoms with E-state index >= 15 is 0 Å². The minimum Gasteiger partial charge on any atom is -0.250 e. The number of aromatic nitrogens is 1. The second-order valence-corrected chi connectivity index (χ2v) is 4.62. The van der Waals surface area contributed by atoms with E-state index in [2.05, 4.69) is 4.98 Å². The minimum atomic E-state index is -2.71. The monoisotopic (exact) mass is 238 g/mol. The normalized spacial score (nSPS) is 11.3. The fourth-order valence-corrected chi connectivity index (χ4v) is 1.64. The molecule has 0 saturated heterocycles. The third-order valence-electron chi connectivity index (χ3n) is 2.63. The van der Waals surface area contributed by atoms with Crippen molar-refractivity contribution >= 4 is 0 Å². The third kappa shape index (κ3) is 2.79. The zero-order valence-electron chi connectivity index (χ0n) is 10.5. The van der Waals surface area contributed by atoms with Crippen LogP contribution >= 0.6 is 0 Å². The molecular formula is C13H16F2N2. The zero-order valence-corrected chi connectivity index (χ0v) is 10.5. The van der Waals surface area contributed by atoms with Crippen LogP contribution in [0.3, 0.4) is 0 Å². The van der Waals surface area contributed by atoms with Crippen LogP contribution in [0.4, 0.5) is 8.78 Å². The molecule has 0 saturated carbocycles. The average Bonchev–Trinajstić information content (AvgIpc) is 2.26. The van der Waals surface area contributed by atoms with Gasteiger partial charge in [-0.25, -0.2) is 8.78 Å². The smallest absolute Gasteiger partial charge is 0.250 e. The Bertz CT molecular complexity index is 416. The summed E-state index contributed by atoms with van der Waals surface area (Å²) in [4.78, 5) is 3.91. The Labute approximate surface area is 100 Å². The molecule has 0 aliphatic carbocycles. The molecule has 1 aromatic rings. The first kappa shape index (κ1) is 13.6. The first-order valence-electron chi connectivity index (χ1n) is 5.61. The van der Waals surface area contributed by atoms with Crippen molar-refractivity contribution in [2.45, 2.75) is 46.0 Å². The molecule has 0 amide bonds. The minimum absolute atomic E-state index is 0.0272. The molecule has 0 atom stereocenters. The Kier molecular flexibility index (Phi) is 4.17. The molecule has 92 valence electrons. The molecular weight excluding hydrogens is 222 g/mol. The van der Waals surface area contributed by atoms with E-state index in [1.807, 2.05) is 33.8 Å². The summed E-state index contributed by atoms with van der Waals surface area (Å²) < 4.78 is 25.8. The Morgan fingerprint density at radius 3 is 2.12 bits per heavy atom. The molecule has 0 N–H and O–H groups in total. The Balaban J connectivity index is 3.53. The van der Waals surface area contributed by atoms with E-state index in [0.29, 0.717) is 11.3 Å². The van der Waals surface area contributed by atoms with E-state index in [0.717, 1.165) is 0 Å². The van der Waals surface area contributed by atoms with Gasteiger partial charge in [0.25, 0.3) is 6.43 Å². The molecule has 1 rings (SSSR count). The molecule has 1 aromatic heterocycles. The molecule has 17 heavy (non-hydrogen) atoms. The van der Waals surface area contributed by atoms with Gasteiger partial charge in [-0.05, 0) is 23.5 Å². The van der Waals surface area contributed by atoms with Gasteiger partial charge in [0.05, 0.1) is 5.56 Å². The number of halogens is 2. The Hall–Kier alpha value is -1.50. The van der Waals surface area contributed by atoms with Crippen LogP contribution in [0.25, 0.3) is 0 Å². The van der Waals surface area contributed by atoms with Crippen LogP contribution in [0, 0.1) is 11.3 Å². The van der Waals surface area contributed by atoms with Crippen molar-refractivity contribution in [3.63, 3.8) is 0 Å². The van der Waals surface area contributed by atoms with Crippen molar-refractivity contribution in [1.29, 1.82) is 5.26 Å². The van der Waals surface area contributed by atoms with Gasteiger partial charge in [0.2, 0.25) is 0 Å². The lowest BCUT2D eigenvalue weighted by molar-refractivity contribution is 0.145. The number of rotatable bonds is 3. The summed E-state index contributed by atoms with van der Waals surface area (Å²) in [6, 6.07) is 3.61.